The van der Waals surface area contributed by atoms with Crippen LogP contribution in [0.5, 0.6) is 5.75 Å². The van der Waals surface area contributed by atoms with E-state index in [2.05, 4.69) is 45.0 Å². The molecule has 180 valence electrons. The first-order chi connectivity index (χ1) is 15.9. The molecule has 0 heterocycles. The minimum atomic E-state index is -0.0549. The Morgan fingerprint density at radius 2 is 1.21 bits per heavy atom. The summed E-state index contributed by atoms with van der Waals surface area (Å²) in [6.45, 7) is 8.83. The number of esters is 1. The lowest BCUT2D eigenvalue weighted by atomic mass is 9.80. The molecule has 2 aromatic carbocycles. The molecule has 2 nitrogen and oxygen atoms in total. The molecular formula is C31H44O2. The van der Waals surface area contributed by atoms with E-state index in [9.17, 15) is 4.79 Å². The van der Waals surface area contributed by atoms with Crippen LogP contribution in [-0.2, 0) is 11.2 Å². The lowest BCUT2D eigenvalue weighted by molar-refractivity contribution is -0.140. The number of rotatable bonds is 5. The van der Waals surface area contributed by atoms with E-state index in [1.165, 1.54) is 55.2 Å². The second kappa shape index (κ2) is 13.0. The Balaban J connectivity index is 0.000000186. The standard InChI is InChI=1S/C16H24.C15H20O2/c1-13-3-7-15(8-4-13)11-12-16-9-5-14(2)6-10-16;1-11-3-7-13(8-4-11)15(16)17-14-9-5-12(2)6-10-14/h3-4,7-8,14,16H,5-6,9-12H2,1-2H3;5-6,9-11,13H,3-4,7-8H2,1-2H3. The summed E-state index contributed by atoms with van der Waals surface area (Å²) in [7, 11) is 0. The van der Waals surface area contributed by atoms with Crippen molar-refractivity contribution in [3.63, 3.8) is 0 Å². The Hall–Kier alpha value is -2.09. The van der Waals surface area contributed by atoms with Crippen molar-refractivity contribution in [1.82, 2.24) is 0 Å². The maximum Gasteiger partial charge on any atom is 0.314 e. The van der Waals surface area contributed by atoms with Crippen molar-refractivity contribution < 1.29 is 9.53 Å². The molecule has 4 rings (SSSR count). The van der Waals surface area contributed by atoms with Gasteiger partial charge in [0, 0.05) is 0 Å². The first kappa shape index (κ1) is 25.5. The Kier molecular flexibility index (Phi) is 10.0. The highest BCUT2D eigenvalue weighted by atomic mass is 16.5. The van der Waals surface area contributed by atoms with Gasteiger partial charge in [-0.3, -0.25) is 4.79 Å². The third-order valence-electron chi connectivity index (χ3n) is 7.69. The molecule has 33 heavy (non-hydrogen) atoms. The van der Waals surface area contributed by atoms with Crippen molar-refractivity contribution in [2.75, 3.05) is 0 Å². The van der Waals surface area contributed by atoms with Gasteiger partial charge in [-0.2, -0.15) is 0 Å². The van der Waals surface area contributed by atoms with Gasteiger partial charge in [0.1, 0.15) is 5.75 Å². The number of hydrogen-bond acceptors (Lipinski definition) is 2. The number of ether oxygens (including phenoxy) is 1. The van der Waals surface area contributed by atoms with Gasteiger partial charge in [-0.15, -0.1) is 0 Å². The van der Waals surface area contributed by atoms with Gasteiger partial charge in [-0.05, 0) is 87.8 Å². The summed E-state index contributed by atoms with van der Waals surface area (Å²) in [5.41, 5.74) is 4.07. The predicted molar refractivity (Wildman–Crippen MR) is 139 cm³/mol. The van der Waals surface area contributed by atoms with Crippen LogP contribution in [0.15, 0.2) is 48.5 Å². The van der Waals surface area contributed by atoms with Gasteiger partial charge in [-0.1, -0.05) is 87.1 Å². The van der Waals surface area contributed by atoms with Crippen LogP contribution < -0.4 is 4.74 Å². The molecule has 0 atom stereocenters. The summed E-state index contributed by atoms with van der Waals surface area (Å²) < 4.78 is 5.41. The van der Waals surface area contributed by atoms with E-state index in [1.54, 1.807) is 0 Å². The average molecular weight is 449 g/mol. The number of hydrogen-bond donors (Lipinski definition) is 0. The first-order valence-corrected chi connectivity index (χ1v) is 13.2. The molecule has 2 fully saturated rings. The topological polar surface area (TPSA) is 26.3 Å². The molecule has 0 spiro atoms. The van der Waals surface area contributed by atoms with E-state index in [-0.39, 0.29) is 11.9 Å². The Morgan fingerprint density at radius 3 is 1.76 bits per heavy atom. The van der Waals surface area contributed by atoms with Crippen LogP contribution in [-0.4, -0.2) is 5.97 Å². The maximum absolute atomic E-state index is 11.9. The zero-order chi connectivity index (χ0) is 23.6. The zero-order valence-corrected chi connectivity index (χ0v) is 21.3. The first-order valence-electron chi connectivity index (χ1n) is 13.2. The van der Waals surface area contributed by atoms with Gasteiger partial charge in [0.25, 0.3) is 0 Å². The fourth-order valence-electron chi connectivity index (χ4n) is 5.04. The second-order valence-electron chi connectivity index (χ2n) is 10.8. The summed E-state index contributed by atoms with van der Waals surface area (Å²) in [6.07, 6.45) is 12.8. The summed E-state index contributed by atoms with van der Waals surface area (Å²) in [5.74, 6) is 3.46. The highest BCUT2D eigenvalue weighted by Gasteiger charge is 2.25. The van der Waals surface area contributed by atoms with E-state index >= 15 is 0 Å². The molecule has 0 bridgehead atoms. The Labute approximate surface area is 202 Å². The van der Waals surface area contributed by atoms with Crippen molar-refractivity contribution in [2.24, 2.45) is 23.7 Å². The second-order valence-corrected chi connectivity index (χ2v) is 10.8. The summed E-state index contributed by atoms with van der Waals surface area (Å²) >= 11 is 0. The van der Waals surface area contributed by atoms with Gasteiger partial charge in [0.2, 0.25) is 0 Å². The van der Waals surface area contributed by atoms with Crippen LogP contribution in [0.2, 0.25) is 0 Å². The fourth-order valence-corrected chi connectivity index (χ4v) is 5.04. The SMILES string of the molecule is Cc1ccc(CCC2CCC(C)CC2)cc1.Cc1ccc(OC(=O)C2CCC(C)CC2)cc1. The lowest BCUT2D eigenvalue weighted by Crippen LogP contribution is -2.24. The number of benzene rings is 2. The number of carbonyl (C=O) groups excluding carboxylic acids is 1. The summed E-state index contributed by atoms with van der Waals surface area (Å²) in [5, 5.41) is 0. The minimum Gasteiger partial charge on any atom is -0.426 e. The molecule has 2 aromatic rings. The molecule has 0 aromatic heterocycles. The molecular weight excluding hydrogens is 404 g/mol. The number of aryl methyl sites for hydroxylation is 3. The van der Waals surface area contributed by atoms with Crippen LogP contribution >= 0.6 is 0 Å². The highest BCUT2D eigenvalue weighted by molar-refractivity contribution is 5.75. The van der Waals surface area contributed by atoms with Gasteiger partial charge in [-0.25, -0.2) is 0 Å². The average Bonchev–Trinajstić information content (AvgIpc) is 2.82. The van der Waals surface area contributed by atoms with E-state index in [0.717, 1.165) is 43.4 Å². The van der Waals surface area contributed by atoms with Crippen LogP contribution in [0.3, 0.4) is 0 Å². The highest BCUT2D eigenvalue weighted by Crippen LogP contribution is 2.31. The van der Waals surface area contributed by atoms with Crippen LogP contribution in [0.25, 0.3) is 0 Å². The normalized spacial score (nSPS) is 25.0. The number of carbonyl (C=O) groups is 1. The Bertz CT molecular complexity index is 820. The summed E-state index contributed by atoms with van der Waals surface area (Å²) in [6, 6.07) is 16.7. The molecule has 0 radical (unpaired) electrons. The molecule has 0 amide bonds. The lowest BCUT2D eigenvalue weighted by Gasteiger charge is -2.26. The quantitative estimate of drug-likeness (QED) is 0.338. The van der Waals surface area contributed by atoms with Crippen molar-refractivity contribution in [3.05, 3.63) is 65.2 Å². The maximum atomic E-state index is 11.9. The summed E-state index contributed by atoms with van der Waals surface area (Å²) in [4.78, 5) is 11.9. The monoisotopic (exact) mass is 448 g/mol. The third-order valence-corrected chi connectivity index (χ3v) is 7.69. The van der Waals surface area contributed by atoms with Gasteiger partial charge >= 0.3 is 5.97 Å². The largest absolute Gasteiger partial charge is 0.426 e. The molecule has 0 aliphatic heterocycles. The van der Waals surface area contributed by atoms with E-state index in [1.807, 2.05) is 31.2 Å². The van der Waals surface area contributed by atoms with Crippen LogP contribution in [0.1, 0.15) is 88.3 Å². The van der Waals surface area contributed by atoms with Crippen molar-refractivity contribution in [1.29, 1.82) is 0 Å². The van der Waals surface area contributed by atoms with E-state index in [0.29, 0.717) is 5.75 Å². The van der Waals surface area contributed by atoms with Gasteiger partial charge in [0.15, 0.2) is 0 Å². The Morgan fingerprint density at radius 1 is 0.727 bits per heavy atom. The molecule has 0 saturated heterocycles. The molecule has 0 N–H and O–H groups in total. The molecule has 2 saturated carbocycles. The van der Waals surface area contributed by atoms with E-state index < -0.39 is 0 Å². The van der Waals surface area contributed by atoms with E-state index in [4.69, 9.17) is 4.74 Å². The predicted octanol–water partition coefficient (Wildman–Crippen LogP) is 8.48. The zero-order valence-electron chi connectivity index (χ0n) is 21.3. The van der Waals surface area contributed by atoms with Crippen LogP contribution in [0.4, 0.5) is 0 Å². The minimum absolute atomic E-state index is 0.0549. The van der Waals surface area contributed by atoms with Crippen molar-refractivity contribution in [3.8, 4) is 5.75 Å². The van der Waals surface area contributed by atoms with Gasteiger partial charge in [0.05, 0.1) is 5.92 Å². The molecule has 2 aliphatic rings. The van der Waals surface area contributed by atoms with Crippen molar-refractivity contribution in [2.45, 2.75) is 91.9 Å². The van der Waals surface area contributed by atoms with Crippen LogP contribution in [0, 0.1) is 37.5 Å². The smallest absolute Gasteiger partial charge is 0.314 e. The molecule has 2 heteroatoms. The van der Waals surface area contributed by atoms with Crippen molar-refractivity contribution >= 4 is 5.97 Å². The van der Waals surface area contributed by atoms with Gasteiger partial charge < -0.3 is 4.74 Å². The molecule has 0 unspecified atom stereocenters. The molecule has 2 aliphatic carbocycles. The third kappa shape index (κ3) is 8.99. The fraction of sp³-hybridized carbons (Fsp3) is 0.581.